The zero-order valence-electron chi connectivity index (χ0n) is 10.7. The van der Waals surface area contributed by atoms with E-state index in [0.29, 0.717) is 11.1 Å². The Morgan fingerprint density at radius 3 is 2.89 bits per heavy atom. The summed E-state index contributed by atoms with van der Waals surface area (Å²) in [6.07, 6.45) is 3.50. The molecule has 0 radical (unpaired) electrons. The smallest absolute Gasteiger partial charge is 0.341 e. The van der Waals surface area contributed by atoms with Crippen molar-refractivity contribution in [3.05, 3.63) is 47.9 Å². The molecule has 19 heavy (non-hydrogen) atoms. The number of rotatable bonds is 2. The quantitative estimate of drug-likeness (QED) is 0.713. The molecule has 2 heterocycles. The average Bonchev–Trinajstić information content (AvgIpc) is 3.07. The number of hydrogen-bond acceptors (Lipinski definition) is 3. The van der Waals surface area contributed by atoms with Crippen molar-refractivity contribution in [1.29, 1.82) is 0 Å². The Morgan fingerprint density at radius 2 is 2.21 bits per heavy atom. The SMILES string of the molecule is COC(=O)c1cc(-c2ccc[nH]2)cc2c(C)coc12. The molecule has 0 aliphatic carbocycles. The number of benzene rings is 1. The number of H-pyrrole nitrogens is 1. The van der Waals surface area contributed by atoms with Gasteiger partial charge in [0.1, 0.15) is 11.1 Å². The monoisotopic (exact) mass is 255 g/mol. The molecule has 96 valence electrons. The Kier molecular flexibility index (Phi) is 2.63. The van der Waals surface area contributed by atoms with Gasteiger partial charge in [0.2, 0.25) is 0 Å². The molecule has 3 rings (SSSR count). The number of esters is 1. The Balaban J connectivity index is 2.31. The van der Waals surface area contributed by atoms with E-state index in [1.165, 1.54) is 7.11 Å². The largest absolute Gasteiger partial charge is 0.465 e. The normalized spacial score (nSPS) is 10.8. The van der Waals surface area contributed by atoms with Gasteiger partial charge in [0, 0.05) is 17.3 Å². The van der Waals surface area contributed by atoms with Crippen molar-refractivity contribution < 1.29 is 13.9 Å². The van der Waals surface area contributed by atoms with Crippen LogP contribution in [0.2, 0.25) is 0 Å². The number of carbonyl (C=O) groups excluding carboxylic acids is 1. The van der Waals surface area contributed by atoms with E-state index in [9.17, 15) is 4.79 Å². The van der Waals surface area contributed by atoms with E-state index in [4.69, 9.17) is 9.15 Å². The van der Waals surface area contributed by atoms with E-state index < -0.39 is 5.97 Å². The van der Waals surface area contributed by atoms with Crippen LogP contribution in [0.3, 0.4) is 0 Å². The first-order valence-corrected chi connectivity index (χ1v) is 5.94. The molecule has 4 nitrogen and oxygen atoms in total. The van der Waals surface area contributed by atoms with Gasteiger partial charge in [-0.3, -0.25) is 0 Å². The van der Waals surface area contributed by atoms with Crippen LogP contribution in [-0.2, 0) is 4.74 Å². The minimum atomic E-state index is -0.396. The lowest BCUT2D eigenvalue weighted by molar-refractivity contribution is 0.0602. The minimum absolute atomic E-state index is 0.396. The van der Waals surface area contributed by atoms with Gasteiger partial charge < -0.3 is 14.1 Å². The molecule has 1 N–H and O–H groups in total. The van der Waals surface area contributed by atoms with Crippen molar-refractivity contribution in [1.82, 2.24) is 4.98 Å². The lowest BCUT2D eigenvalue weighted by atomic mass is 10.0. The highest BCUT2D eigenvalue weighted by Crippen LogP contribution is 2.30. The average molecular weight is 255 g/mol. The second-order valence-corrected chi connectivity index (χ2v) is 4.39. The second kappa shape index (κ2) is 4.31. The maximum atomic E-state index is 11.9. The predicted octanol–water partition coefficient (Wildman–Crippen LogP) is 3.52. The number of carbonyl (C=O) groups is 1. The number of furan rings is 1. The summed E-state index contributed by atoms with van der Waals surface area (Å²) < 4.78 is 10.3. The van der Waals surface area contributed by atoms with Crippen LogP contribution in [0.25, 0.3) is 22.2 Å². The number of aryl methyl sites for hydroxylation is 1. The standard InChI is InChI=1S/C15H13NO3/c1-9-8-19-14-11(9)6-10(13-4-3-5-16-13)7-12(14)15(17)18-2/h3-8,16H,1-2H3. The topological polar surface area (TPSA) is 55.2 Å². The Labute approximate surface area is 110 Å². The molecule has 0 fully saturated rings. The first-order chi connectivity index (χ1) is 9.20. The first kappa shape index (κ1) is 11.6. The Bertz CT molecular complexity index is 738. The summed E-state index contributed by atoms with van der Waals surface area (Å²) in [5, 5.41) is 0.924. The molecular weight excluding hydrogens is 242 g/mol. The molecule has 0 spiro atoms. The van der Waals surface area contributed by atoms with Gasteiger partial charge in [-0.15, -0.1) is 0 Å². The van der Waals surface area contributed by atoms with Crippen molar-refractivity contribution in [2.75, 3.05) is 7.11 Å². The van der Waals surface area contributed by atoms with Crippen LogP contribution in [0.15, 0.2) is 41.1 Å². The van der Waals surface area contributed by atoms with Crippen LogP contribution in [0.1, 0.15) is 15.9 Å². The van der Waals surface area contributed by atoms with Crippen LogP contribution in [0.4, 0.5) is 0 Å². The summed E-state index contributed by atoms with van der Waals surface area (Å²) >= 11 is 0. The first-order valence-electron chi connectivity index (χ1n) is 5.94. The van der Waals surface area contributed by atoms with Gasteiger partial charge in [-0.05, 0) is 42.3 Å². The van der Waals surface area contributed by atoms with Gasteiger partial charge in [-0.1, -0.05) is 0 Å². The van der Waals surface area contributed by atoms with Gasteiger partial charge in [-0.25, -0.2) is 4.79 Å². The van der Waals surface area contributed by atoms with E-state index in [1.807, 2.05) is 31.3 Å². The lowest BCUT2D eigenvalue weighted by Gasteiger charge is -2.05. The van der Waals surface area contributed by atoms with Crippen LogP contribution in [-0.4, -0.2) is 18.1 Å². The molecule has 0 saturated heterocycles. The number of nitrogens with one attached hydrogen (secondary N) is 1. The van der Waals surface area contributed by atoms with Crippen molar-refractivity contribution in [2.45, 2.75) is 6.92 Å². The molecule has 0 aliphatic rings. The fraction of sp³-hybridized carbons (Fsp3) is 0.133. The molecule has 0 saturated carbocycles. The van der Waals surface area contributed by atoms with Gasteiger partial charge in [0.25, 0.3) is 0 Å². The third kappa shape index (κ3) is 1.81. The summed E-state index contributed by atoms with van der Waals surface area (Å²) in [6, 6.07) is 7.66. The fourth-order valence-corrected chi connectivity index (χ4v) is 2.19. The molecule has 0 bridgehead atoms. The van der Waals surface area contributed by atoms with Crippen LogP contribution in [0.5, 0.6) is 0 Å². The van der Waals surface area contributed by atoms with E-state index in [1.54, 1.807) is 12.3 Å². The number of aromatic nitrogens is 1. The summed E-state index contributed by atoms with van der Waals surface area (Å²) in [5.74, 6) is -0.396. The van der Waals surface area contributed by atoms with Crippen LogP contribution in [0, 0.1) is 6.92 Å². The molecule has 0 aliphatic heterocycles. The maximum Gasteiger partial charge on any atom is 0.341 e. The van der Waals surface area contributed by atoms with Gasteiger partial charge in [0.15, 0.2) is 0 Å². The fourth-order valence-electron chi connectivity index (χ4n) is 2.19. The van der Waals surface area contributed by atoms with Gasteiger partial charge >= 0.3 is 5.97 Å². The molecule has 3 aromatic rings. The molecule has 0 unspecified atom stereocenters. The zero-order valence-corrected chi connectivity index (χ0v) is 10.7. The van der Waals surface area contributed by atoms with Crippen molar-refractivity contribution in [3.8, 4) is 11.3 Å². The van der Waals surface area contributed by atoms with Crippen molar-refractivity contribution in [2.24, 2.45) is 0 Å². The highest BCUT2D eigenvalue weighted by molar-refractivity contribution is 6.04. The van der Waals surface area contributed by atoms with Gasteiger partial charge in [-0.2, -0.15) is 0 Å². The third-order valence-corrected chi connectivity index (χ3v) is 3.18. The summed E-state index contributed by atoms with van der Waals surface area (Å²) in [4.78, 5) is 15.0. The van der Waals surface area contributed by atoms with E-state index in [2.05, 4.69) is 4.98 Å². The maximum absolute atomic E-state index is 11.9. The minimum Gasteiger partial charge on any atom is -0.465 e. The number of aromatic amines is 1. The van der Waals surface area contributed by atoms with E-state index >= 15 is 0 Å². The third-order valence-electron chi connectivity index (χ3n) is 3.18. The second-order valence-electron chi connectivity index (χ2n) is 4.39. The van der Waals surface area contributed by atoms with Crippen molar-refractivity contribution in [3.63, 3.8) is 0 Å². The molecule has 1 aromatic carbocycles. The highest BCUT2D eigenvalue weighted by atomic mass is 16.5. The number of hydrogen-bond donors (Lipinski definition) is 1. The molecule has 2 aromatic heterocycles. The molecular formula is C15H13NO3. The summed E-state index contributed by atoms with van der Waals surface area (Å²) in [5.41, 5.74) is 3.89. The molecule has 0 atom stereocenters. The highest BCUT2D eigenvalue weighted by Gasteiger charge is 2.17. The number of fused-ring (bicyclic) bond motifs is 1. The summed E-state index contributed by atoms with van der Waals surface area (Å²) in [7, 11) is 1.37. The Morgan fingerprint density at radius 1 is 1.37 bits per heavy atom. The number of ether oxygens (including phenoxy) is 1. The molecule has 0 amide bonds. The Hall–Kier alpha value is -2.49. The lowest BCUT2D eigenvalue weighted by Crippen LogP contribution is -2.02. The van der Waals surface area contributed by atoms with E-state index in [-0.39, 0.29) is 0 Å². The van der Waals surface area contributed by atoms with Crippen LogP contribution >= 0.6 is 0 Å². The predicted molar refractivity (Wildman–Crippen MR) is 72.1 cm³/mol. The number of methoxy groups -OCH3 is 1. The van der Waals surface area contributed by atoms with E-state index in [0.717, 1.165) is 22.2 Å². The van der Waals surface area contributed by atoms with Crippen LogP contribution < -0.4 is 0 Å². The van der Waals surface area contributed by atoms with Crippen molar-refractivity contribution >= 4 is 16.9 Å². The molecule has 4 heteroatoms. The zero-order chi connectivity index (χ0) is 13.4. The summed E-state index contributed by atoms with van der Waals surface area (Å²) in [6.45, 7) is 1.95. The van der Waals surface area contributed by atoms with Gasteiger partial charge in [0.05, 0.1) is 13.4 Å².